The van der Waals surface area contributed by atoms with Crippen molar-refractivity contribution in [3.05, 3.63) is 0 Å². The van der Waals surface area contributed by atoms with Crippen molar-refractivity contribution in [2.75, 3.05) is 6.54 Å². The fourth-order valence-electron chi connectivity index (χ4n) is 6.47. The van der Waals surface area contributed by atoms with Crippen LogP contribution in [0.5, 0.6) is 0 Å². The van der Waals surface area contributed by atoms with Crippen LogP contribution in [0.25, 0.3) is 0 Å². The number of rotatable bonds is 7. The van der Waals surface area contributed by atoms with Crippen LogP contribution in [0.4, 0.5) is 0 Å². The molecule has 5 aliphatic carbocycles. The Hall–Kier alpha value is -0.690. The topological polar surface area (TPSA) is 93.8 Å². The van der Waals surface area contributed by atoms with Gasteiger partial charge in [-0.3, -0.25) is 4.79 Å². The van der Waals surface area contributed by atoms with Crippen molar-refractivity contribution in [1.29, 1.82) is 0 Å². The van der Waals surface area contributed by atoms with Gasteiger partial charge < -0.3 is 16.2 Å². The minimum Gasteiger partial charge on any atom is -0.363 e. The molecule has 5 fully saturated rings. The second-order valence-corrected chi connectivity index (χ2v) is 11.3. The van der Waals surface area contributed by atoms with E-state index in [0.29, 0.717) is 18.9 Å². The van der Waals surface area contributed by atoms with E-state index in [1.54, 1.807) is 0 Å². The third-order valence-electron chi connectivity index (χ3n) is 8.33. The molecule has 5 saturated carbocycles. The van der Waals surface area contributed by atoms with Crippen LogP contribution in [0.3, 0.4) is 0 Å². The van der Waals surface area contributed by atoms with E-state index >= 15 is 0 Å². The van der Waals surface area contributed by atoms with Crippen LogP contribution in [-0.2, 0) is 14.6 Å². The molecule has 6 heteroatoms. The zero-order chi connectivity index (χ0) is 20.8. The zero-order valence-corrected chi connectivity index (χ0v) is 18.4. The third kappa shape index (κ3) is 4.65. The number of aliphatic hydroxyl groups is 1. The van der Waals surface area contributed by atoms with Gasteiger partial charge in [-0.1, -0.05) is 6.92 Å². The van der Waals surface area contributed by atoms with Gasteiger partial charge in [-0.2, -0.15) is 0 Å². The van der Waals surface area contributed by atoms with Crippen LogP contribution in [0.15, 0.2) is 0 Å². The van der Waals surface area contributed by atoms with Crippen molar-refractivity contribution >= 4 is 5.91 Å². The first-order chi connectivity index (χ1) is 13.6. The lowest BCUT2D eigenvalue weighted by Crippen LogP contribution is -2.61. The van der Waals surface area contributed by atoms with Gasteiger partial charge in [0.05, 0.1) is 6.10 Å². The molecule has 5 rings (SSSR count). The molecule has 166 valence electrons. The first kappa shape index (κ1) is 21.5. The standard InChI is InChI=1S/C23H40N2O4/c1-14-16-9-18-11-17(14)12-19(10-16)23(18,27)29-28-20-6-4-15(5-7-20)8-21(26)25-13-22(2,3)24/h14-20,27H,4-13,24H2,1-3H3,(H,25,26). The molecule has 0 aromatic carbocycles. The van der Waals surface area contributed by atoms with Gasteiger partial charge in [0.25, 0.3) is 0 Å². The van der Waals surface area contributed by atoms with E-state index < -0.39 is 5.79 Å². The average Bonchev–Trinajstić information content (AvgIpc) is 2.64. The summed E-state index contributed by atoms with van der Waals surface area (Å²) in [5.74, 6) is 2.17. The molecule has 0 aromatic heterocycles. The number of carbonyl (C=O) groups excluding carboxylic acids is 1. The maximum atomic E-state index is 12.1. The molecule has 4 bridgehead atoms. The predicted octanol–water partition coefficient (Wildman–Crippen LogP) is 3.13. The van der Waals surface area contributed by atoms with E-state index in [9.17, 15) is 9.90 Å². The zero-order valence-electron chi connectivity index (χ0n) is 18.4. The number of nitrogens with one attached hydrogen (secondary N) is 1. The molecule has 0 saturated heterocycles. The summed E-state index contributed by atoms with van der Waals surface area (Å²) in [4.78, 5) is 23.8. The quantitative estimate of drug-likeness (QED) is 0.342. The fraction of sp³-hybridized carbons (Fsp3) is 0.957. The number of hydrogen-bond donors (Lipinski definition) is 3. The Morgan fingerprint density at radius 2 is 1.66 bits per heavy atom. The van der Waals surface area contributed by atoms with E-state index in [1.165, 1.54) is 0 Å². The molecule has 5 aliphatic rings. The molecule has 0 spiro atoms. The van der Waals surface area contributed by atoms with Crippen molar-refractivity contribution in [2.45, 2.75) is 96.0 Å². The van der Waals surface area contributed by atoms with Crippen molar-refractivity contribution in [1.82, 2.24) is 5.32 Å². The number of hydrogen-bond acceptors (Lipinski definition) is 5. The van der Waals surface area contributed by atoms with Gasteiger partial charge in [-0.15, -0.1) is 0 Å². The largest absolute Gasteiger partial charge is 0.363 e. The second-order valence-electron chi connectivity index (χ2n) is 11.3. The summed E-state index contributed by atoms with van der Waals surface area (Å²) in [6, 6.07) is 0. The van der Waals surface area contributed by atoms with Gasteiger partial charge in [0.1, 0.15) is 0 Å². The molecule has 0 aliphatic heterocycles. The van der Waals surface area contributed by atoms with Crippen LogP contribution in [0.1, 0.15) is 78.6 Å². The minimum atomic E-state index is -1.08. The smallest absolute Gasteiger partial charge is 0.220 e. The normalized spacial score (nSPS) is 44.1. The Balaban J connectivity index is 1.19. The lowest BCUT2D eigenvalue weighted by molar-refractivity contribution is -0.483. The van der Waals surface area contributed by atoms with Gasteiger partial charge in [0.2, 0.25) is 11.7 Å². The molecule has 0 unspecified atom stereocenters. The van der Waals surface area contributed by atoms with E-state index in [2.05, 4.69) is 12.2 Å². The van der Waals surface area contributed by atoms with E-state index in [4.69, 9.17) is 15.5 Å². The number of nitrogens with two attached hydrogens (primary N) is 1. The summed E-state index contributed by atoms with van der Waals surface area (Å²) in [5.41, 5.74) is 5.55. The van der Waals surface area contributed by atoms with Crippen LogP contribution in [0.2, 0.25) is 0 Å². The Bertz CT molecular complexity index is 564. The van der Waals surface area contributed by atoms with E-state index in [-0.39, 0.29) is 29.4 Å². The van der Waals surface area contributed by atoms with Gasteiger partial charge in [0.15, 0.2) is 0 Å². The highest BCUT2D eigenvalue weighted by atomic mass is 17.2. The second kappa shape index (κ2) is 8.10. The molecule has 0 atom stereocenters. The Morgan fingerprint density at radius 1 is 1.10 bits per heavy atom. The summed E-state index contributed by atoms with van der Waals surface area (Å²) in [7, 11) is 0. The van der Waals surface area contributed by atoms with E-state index in [1.807, 2.05) is 13.8 Å². The van der Waals surface area contributed by atoms with Crippen molar-refractivity contribution < 1.29 is 19.7 Å². The minimum absolute atomic E-state index is 0.0254. The van der Waals surface area contributed by atoms with Crippen LogP contribution in [-0.4, -0.2) is 35.0 Å². The summed E-state index contributed by atoms with van der Waals surface area (Å²) < 4.78 is 0. The maximum absolute atomic E-state index is 12.1. The van der Waals surface area contributed by atoms with E-state index in [0.717, 1.165) is 69.1 Å². The Labute approximate surface area is 175 Å². The lowest BCUT2D eigenvalue weighted by Gasteiger charge is -2.59. The summed E-state index contributed by atoms with van der Waals surface area (Å²) >= 11 is 0. The van der Waals surface area contributed by atoms with Gasteiger partial charge >= 0.3 is 0 Å². The van der Waals surface area contributed by atoms with Gasteiger partial charge in [0, 0.05) is 30.3 Å². The molecular formula is C23H40N2O4. The fourth-order valence-corrected chi connectivity index (χ4v) is 6.47. The monoisotopic (exact) mass is 408 g/mol. The summed E-state index contributed by atoms with van der Waals surface area (Å²) in [5, 5.41) is 14.2. The number of carbonyl (C=O) groups is 1. The number of amides is 1. The van der Waals surface area contributed by atoms with Crippen LogP contribution >= 0.6 is 0 Å². The van der Waals surface area contributed by atoms with Crippen molar-refractivity contribution in [2.24, 2.45) is 41.2 Å². The Kier molecular flexibility index (Phi) is 6.02. The predicted molar refractivity (Wildman–Crippen MR) is 110 cm³/mol. The van der Waals surface area contributed by atoms with Crippen molar-refractivity contribution in [3.63, 3.8) is 0 Å². The van der Waals surface area contributed by atoms with Gasteiger partial charge in [-0.05, 0) is 88.9 Å². The van der Waals surface area contributed by atoms with Crippen LogP contribution in [0, 0.1) is 35.5 Å². The SMILES string of the molecule is CC1C2CC3CC1CC(C2)C3(O)OOC1CCC(CC(=O)NCC(C)(C)N)CC1. The molecule has 0 radical (unpaired) electrons. The van der Waals surface area contributed by atoms with Crippen LogP contribution < -0.4 is 11.1 Å². The summed E-state index contributed by atoms with van der Waals surface area (Å²) in [6.07, 6.45) is 8.58. The molecule has 29 heavy (non-hydrogen) atoms. The molecule has 0 aromatic rings. The summed E-state index contributed by atoms with van der Waals surface area (Å²) in [6.45, 7) is 6.71. The highest BCUT2D eigenvalue weighted by Gasteiger charge is 2.60. The third-order valence-corrected chi connectivity index (χ3v) is 8.33. The van der Waals surface area contributed by atoms with Gasteiger partial charge in [-0.25, -0.2) is 9.78 Å². The average molecular weight is 409 g/mol. The Morgan fingerprint density at radius 3 is 2.17 bits per heavy atom. The maximum Gasteiger partial charge on any atom is 0.220 e. The first-order valence-electron chi connectivity index (χ1n) is 11.8. The highest BCUT2D eigenvalue weighted by molar-refractivity contribution is 5.76. The molecular weight excluding hydrogens is 368 g/mol. The lowest BCUT2D eigenvalue weighted by atomic mass is 9.50. The molecule has 4 N–H and O–H groups in total. The molecule has 0 heterocycles. The highest BCUT2D eigenvalue weighted by Crippen LogP contribution is 2.60. The molecule has 6 nitrogen and oxygen atoms in total. The molecule has 1 amide bonds. The van der Waals surface area contributed by atoms with Crippen molar-refractivity contribution in [3.8, 4) is 0 Å². The first-order valence-corrected chi connectivity index (χ1v) is 11.8.